The minimum Gasteiger partial charge on any atom is -0.508 e. The fourth-order valence-electron chi connectivity index (χ4n) is 4.53. The van der Waals surface area contributed by atoms with E-state index in [1.807, 2.05) is 0 Å². The Kier molecular flexibility index (Phi) is 2.27. The van der Waals surface area contributed by atoms with Gasteiger partial charge < -0.3 is 25.2 Å². The van der Waals surface area contributed by atoms with Gasteiger partial charge in [0.05, 0.1) is 5.39 Å². The first kappa shape index (κ1) is 14.1. The van der Waals surface area contributed by atoms with Crippen molar-refractivity contribution in [1.29, 1.82) is 0 Å². The molecular weight excluding hydrogens is 336 g/mol. The van der Waals surface area contributed by atoms with Gasteiger partial charge in [0.25, 0.3) is 0 Å². The van der Waals surface area contributed by atoms with Gasteiger partial charge in [0.1, 0.15) is 29.5 Å². The summed E-state index contributed by atoms with van der Waals surface area (Å²) < 4.78 is 5.49. The fourth-order valence-corrected chi connectivity index (χ4v) is 4.53. The molecule has 4 N–H and O–H groups in total. The number of ether oxygens (including phenoxy) is 1. The maximum Gasteiger partial charge on any atom is 0.197 e. The molecule has 0 amide bonds. The van der Waals surface area contributed by atoms with Crippen LogP contribution in [0.5, 0.6) is 17.2 Å². The van der Waals surface area contributed by atoms with E-state index in [1.54, 1.807) is 12.1 Å². The number of aromatic hydroxyl groups is 3. The zero-order valence-electron chi connectivity index (χ0n) is 13.2. The molecule has 3 aliphatic rings. The normalized spacial score (nSPS) is 24.3. The summed E-state index contributed by atoms with van der Waals surface area (Å²) in [6.07, 6.45) is -2.61. The summed E-state index contributed by atoms with van der Waals surface area (Å²) in [6.45, 7) is 0. The Morgan fingerprint density at radius 1 is 0.769 bits per heavy atom. The molecule has 0 unspecified atom stereocenters. The molecule has 6 rings (SSSR count). The minimum atomic E-state index is -1.43. The summed E-state index contributed by atoms with van der Waals surface area (Å²) in [6, 6.07) is 8.00. The molecule has 26 heavy (non-hydrogen) atoms. The lowest BCUT2D eigenvalue weighted by molar-refractivity contribution is -0.129. The molecule has 0 radical (unpaired) electrons. The highest BCUT2D eigenvalue weighted by atomic mass is 16.6. The summed E-state index contributed by atoms with van der Waals surface area (Å²) in [5, 5.41) is 42.3. The lowest BCUT2D eigenvalue weighted by Crippen LogP contribution is -2.24. The van der Waals surface area contributed by atoms with Crippen molar-refractivity contribution in [2.75, 3.05) is 0 Å². The highest BCUT2D eigenvalue weighted by Gasteiger charge is 2.56. The molecule has 128 valence electrons. The van der Waals surface area contributed by atoms with Crippen molar-refractivity contribution in [1.82, 2.24) is 0 Å². The van der Waals surface area contributed by atoms with Crippen molar-refractivity contribution in [2.45, 2.75) is 18.3 Å². The molecule has 0 bridgehead atoms. The molecule has 1 heterocycles. The summed E-state index contributed by atoms with van der Waals surface area (Å²) in [7, 11) is 0. The van der Waals surface area contributed by atoms with Crippen molar-refractivity contribution in [2.24, 2.45) is 0 Å². The molecule has 0 aromatic heterocycles. The molecule has 1 fully saturated rings. The van der Waals surface area contributed by atoms with Crippen LogP contribution >= 0.6 is 0 Å². The Hall–Kier alpha value is -3.09. The number of aliphatic hydroxyl groups excluding tert-OH is 1. The van der Waals surface area contributed by atoms with Crippen LogP contribution in [-0.4, -0.2) is 32.3 Å². The molecule has 2 aliphatic carbocycles. The third-order valence-corrected chi connectivity index (χ3v) is 5.66. The van der Waals surface area contributed by atoms with Gasteiger partial charge in [0.15, 0.2) is 11.9 Å². The molecule has 0 spiro atoms. The van der Waals surface area contributed by atoms with Crippen LogP contribution in [0.4, 0.5) is 0 Å². The quantitative estimate of drug-likeness (QED) is 0.364. The molecule has 3 aromatic carbocycles. The van der Waals surface area contributed by atoms with Crippen LogP contribution in [0, 0.1) is 0 Å². The SMILES string of the molecule is O=C1[C@H]2O[C@H]2c2c3c(cc(O)c2[C@H]1O)-c1ccc(O)c2c(O)ccc-3c12. The number of fused-ring (bicyclic) bond motifs is 7. The van der Waals surface area contributed by atoms with Gasteiger partial charge in [-0.2, -0.15) is 0 Å². The maximum atomic E-state index is 12.1. The second kappa shape index (κ2) is 4.17. The Morgan fingerprint density at radius 2 is 1.46 bits per heavy atom. The molecule has 6 heteroatoms. The van der Waals surface area contributed by atoms with Crippen molar-refractivity contribution in [3.05, 3.63) is 41.5 Å². The zero-order chi connectivity index (χ0) is 17.9. The van der Waals surface area contributed by atoms with E-state index in [9.17, 15) is 25.2 Å². The third kappa shape index (κ3) is 1.40. The predicted octanol–water partition coefficient (Wildman–Crippen LogP) is 2.66. The van der Waals surface area contributed by atoms with E-state index in [0.717, 1.165) is 22.3 Å². The lowest BCUT2D eigenvalue weighted by atomic mass is 9.82. The molecule has 3 aromatic rings. The molecule has 1 saturated heterocycles. The topological polar surface area (TPSA) is 111 Å². The lowest BCUT2D eigenvalue weighted by Gasteiger charge is -2.22. The first-order valence-electron chi connectivity index (χ1n) is 8.24. The fraction of sp³-hybridized carbons (Fsp3) is 0.150. The van der Waals surface area contributed by atoms with E-state index in [4.69, 9.17) is 4.74 Å². The van der Waals surface area contributed by atoms with Gasteiger partial charge in [0, 0.05) is 16.5 Å². The Bertz CT molecular complexity index is 1190. The first-order valence-corrected chi connectivity index (χ1v) is 8.24. The number of epoxide rings is 1. The molecule has 1 aliphatic heterocycles. The van der Waals surface area contributed by atoms with Crippen molar-refractivity contribution in [3.63, 3.8) is 0 Å². The largest absolute Gasteiger partial charge is 0.508 e. The third-order valence-electron chi connectivity index (χ3n) is 5.66. The van der Waals surface area contributed by atoms with Crippen LogP contribution in [-0.2, 0) is 9.53 Å². The van der Waals surface area contributed by atoms with E-state index in [-0.39, 0.29) is 22.8 Å². The van der Waals surface area contributed by atoms with Crippen LogP contribution in [0.1, 0.15) is 23.3 Å². The minimum absolute atomic E-state index is 0.0373. The summed E-state index contributed by atoms with van der Waals surface area (Å²) in [5.41, 5.74) is 3.82. The first-order chi connectivity index (χ1) is 12.5. The van der Waals surface area contributed by atoms with Crippen LogP contribution < -0.4 is 0 Å². The van der Waals surface area contributed by atoms with Crippen molar-refractivity contribution >= 4 is 16.6 Å². The van der Waals surface area contributed by atoms with E-state index in [1.165, 1.54) is 18.2 Å². The molecular formula is C20H12O6. The summed E-state index contributed by atoms with van der Waals surface area (Å²) in [4.78, 5) is 12.1. The Labute approximate surface area is 146 Å². The monoisotopic (exact) mass is 348 g/mol. The second-order valence-corrected chi connectivity index (χ2v) is 6.94. The number of hydrogen-bond donors (Lipinski definition) is 4. The van der Waals surface area contributed by atoms with Gasteiger partial charge in [-0.1, -0.05) is 6.07 Å². The average molecular weight is 348 g/mol. The number of hydrogen-bond acceptors (Lipinski definition) is 6. The van der Waals surface area contributed by atoms with E-state index in [0.29, 0.717) is 16.3 Å². The number of phenolic OH excluding ortho intramolecular Hbond substituents is 3. The van der Waals surface area contributed by atoms with Crippen LogP contribution in [0.2, 0.25) is 0 Å². The zero-order valence-corrected chi connectivity index (χ0v) is 13.2. The number of carbonyl (C=O) groups is 1. The molecule has 6 nitrogen and oxygen atoms in total. The Balaban J connectivity index is 1.80. The van der Waals surface area contributed by atoms with E-state index in [2.05, 4.69) is 0 Å². The second-order valence-electron chi connectivity index (χ2n) is 6.94. The van der Waals surface area contributed by atoms with Crippen LogP contribution in [0.3, 0.4) is 0 Å². The number of aliphatic hydroxyl groups is 1. The van der Waals surface area contributed by atoms with E-state index < -0.39 is 24.1 Å². The maximum absolute atomic E-state index is 12.1. The highest BCUT2D eigenvalue weighted by molar-refractivity contribution is 6.19. The summed E-state index contributed by atoms with van der Waals surface area (Å²) in [5.74, 6) is -0.678. The molecule has 3 atom stereocenters. The van der Waals surface area contributed by atoms with Gasteiger partial charge >= 0.3 is 0 Å². The predicted molar refractivity (Wildman–Crippen MR) is 91.0 cm³/mol. The number of carbonyl (C=O) groups excluding carboxylic acids is 1. The number of ketones is 1. The number of benzene rings is 3. The van der Waals surface area contributed by atoms with E-state index >= 15 is 0 Å². The Morgan fingerprint density at radius 3 is 2.19 bits per heavy atom. The number of rotatable bonds is 0. The smallest absolute Gasteiger partial charge is 0.197 e. The standard InChI is InChI=1S/C20H12O6/c21-9-3-1-6-8-5-11(23)15-16(19-20(26-19)18(25)17(15)24)13(8)7-2-4-10(22)14(9)12(6)7/h1-5,17,19-24H/t17-,19+,20-/m1/s1. The van der Waals surface area contributed by atoms with Gasteiger partial charge in [-0.05, 0) is 46.5 Å². The molecule has 0 saturated carbocycles. The van der Waals surface area contributed by atoms with Gasteiger partial charge in [0.2, 0.25) is 0 Å². The van der Waals surface area contributed by atoms with Crippen molar-refractivity contribution < 1.29 is 30.0 Å². The van der Waals surface area contributed by atoms with Gasteiger partial charge in [-0.3, -0.25) is 4.79 Å². The highest BCUT2D eigenvalue weighted by Crippen LogP contribution is 2.61. The van der Waals surface area contributed by atoms with Crippen molar-refractivity contribution in [3.8, 4) is 39.5 Å². The number of phenols is 3. The van der Waals surface area contributed by atoms with Gasteiger partial charge in [-0.15, -0.1) is 0 Å². The number of Topliss-reactive ketones (excluding diaryl/α,β-unsaturated/α-hetero) is 1. The summed E-state index contributed by atoms with van der Waals surface area (Å²) >= 11 is 0. The van der Waals surface area contributed by atoms with Crippen LogP contribution in [0.25, 0.3) is 33.0 Å². The average Bonchev–Trinajstić information content (AvgIpc) is 3.35. The van der Waals surface area contributed by atoms with Gasteiger partial charge in [-0.25, -0.2) is 0 Å². The van der Waals surface area contributed by atoms with Crippen LogP contribution in [0.15, 0.2) is 30.3 Å².